The van der Waals surface area contributed by atoms with Crippen molar-refractivity contribution in [2.24, 2.45) is 5.73 Å². The van der Waals surface area contributed by atoms with Crippen molar-refractivity contribution in [1.82, 2.24) is 15.3 Å². The highest BCUT2D eigenvalue weighted by molar-refractivity contribution is 7.99. The van der Waals surface area contributed by atoms with Crippen LogP contribution in [0.25, 0.3) is 11.0 Å². The highest BCUT2D eigenvalue weighted by Gasteiger charge is 2.06. The maximum Gasteiger partial charge on any atom is 0.220 e. The van der Waals surface area contributed by atoms with Crippen LogP contribution in [0.3, 0.4) is 0 Å². The van der Waals surface area contributed by atoms with Gasteiger partial charge in [0, 0.05) is 25.3 Å². The summed E-state index contributed by atoms with van der Waals surface area (Å²) >= 11 is 1.43. The molecule has 2 aromatic rings. The Balaban J connectivity index is 1.86. The molecule has 19 heavy (non-hydrogen) atoms. The predicted molar refractivity (Wildman–Crippen MR) is 73.5 cm³/mol. The molecule has 5 nitrogen and oxygen atoms in total. The molecule has 0 radical (unpaired) electrons. The number of benzene rings is 1. The van der Waals surface area contributed by atoms with Gasteiger partial charge in [-0.1, -0.05) is 11.8 Å². The third kappa shape index (κ3) is 3.93. The van der Waals surface area contributed by atoms with Gasteiger partial charge in [0.05, 0.1) is 11.0 Å². The molecule has 1 heterocycles. The van der Waals surface area contributed by atoms with E-state index in [1.165, 1.54) is 23.9 Å². The standard InChI is InChI=1S/C12H15FN4OS/c13-8-1-2-9-10(7-8)17-12(16-9)19-6-3-11(18)15-5-4-14/h1-2,7H,3-6,14H2,(H,15,18)(H,16,17). The fourth-order valence-corrected chi connectivity index (χ4v) is 2.39. The third-order valence-electron chi connectivity index (χ3n) is 2.46. The van der Waals surface area contributed by atoms with Crippen LogP contribution < -0.4 is 11.1 Å². The molecule has 1 aromatic heterocycles. The number of amides is 1. The van der Waals surface area contributed by atoms with E-state index in [9.17, 15) is 9.18 Å². The van der Waals surface area contributed by atoms with Gasteiger partial charge in [-0.05, 0) is 18.2 Å². The summed E-state index contributed by atoms with van der Waals surface area (Å²) in [6, 6.07) is 4.40. The molecule has 0 aliphatic carbocycles. The van der Waals surface area contributed by atoms with Gasteiger partial charge in [-0.2, -0.15) is 0 Å². The normalized spacial score (nSPS) is 10.8. The molecule has 0 spiro atoms. The molecule has 0 aliphatic rings. The number of halogens is 1. The summed E-state index contributed by atoms with van der Waals surface area (Å²) in [5, 5.41) is 3.38. The predicted octanol–water partition coefficient (Wildman–Crippen LogP) is 1.26. The maximum absolute atomic E-state index is 13.0. The number of nitrogens with two attached hydrogens (primary N) is 1. The molecule has 0 aliphatic heterocycles. The van der Waals surface area contributed by atoms with Crippen LogP contribution in [0.2, 0.25) is 0 Å². The van der Waals surface area contributed by atoms with Gasteiger partial charge in [0.1, 0.15) is 5.82 Å². The van der Waals surface area contributed by atoms with Crippen molar-refractivity contribution < 1.29 is 9.18 Å². The van der Waals surface area contributed by atoms with Crippen LogP contribution in [-0.2, 0) is 4.79 Å². The number of H-pyrrole nitrogens is 1. The third-order valence-corrected chi connectivity index (χ3v) is 3.33. The Kier molecular flexibility index (Phi) is 4.75. The minimum absolute atomic E-state index is 0.0277. The second-order valence-corrected chi connectivity index (χ2v) is 5.02. The van der Waals surface area contributed by atoms with Gasteiger partial charge in [-0.3, -0.25) is 4.79 Å². The number of rotatable bonds is 6. The van der Waals surface area contributed by atoms with E-state index in [0.717, 1.165) is 5.52 Å². The monoisotopic (exact) mass is 282 g/mol. The Hall–Kier alpha value is -1.60. The molecule has 102 valence electrons. The largest absolute Gasteiger partial charge is 0.355 e. The van der Waals surface area contributed by atoms with E-state index in [1.54, 1.807) is 6.07 Å². The summed E-state index contributed by atoms with van der Waals surface area (Å²) in [5.74, 6) is 0.285. The first-order chi connectivity index (χ1) is 9.19. The second-order valence-electron chi connectivity index (χ2n) is 3.94. The first-order valence-corrected chi connectivity index (χ1v) is 6.92. The quantitative estimate of drug-likeness (QED) is 0.696. The van der Waals surface area contributed by atoms with Gasteiger partial charge in [0.15, 0.2) is 5.16 Å². The Morgan fingerprint density at radius 1 is 1.53 bits per heavy atom. The van der Waals surface area contributed by atoms with Crippen LogP contribution in [-0.4, -0.2) is 34.7 Å². The molecule has 0 saturated heterocycles. The number of thioether (sulfide) groups is 1. The Morgan fingerprint density at radius 2 is 2.37 bits per heavy atom. The molecule has 1 aromatic carbocycles. The van der Waals surface area contributed by atoms with Crippen LogP contribution in [0.15, 0.2) is 23.4 Å². The summed E-state index contributed by atoms with van der Waals surface area (Å²) < 4.78 is 13.0. The first kappa shape index (κ1) is 13.8. The van der Waals surface area contributed by atoms with Crippen LogP contribution in [0.4, 0.5) is 4.39 Å². The number of hydrogen-bond acceptors (Lipinski definition) is 4. The van der Waals surface area contributed by atoms with Crippen molar-refractivity contribution >= 4 is 28.7 Å². The lowest BCUT2D eigenvalue weighted by atomic mass is 10.3. The molecule has 0 saturated carbocycles. The molecule has 2 rings (SSSR count). The molecule has 0 unspecified atom stereocenters. The smallest absolute Gasteiger partial charge is 0.220 e. The fourth-order valence-electron chi connectivity index (χ4n) is 1.57. The van der Waals surface area contributed by atoms with Crippen molar-refractivity contribution in [1.29, 1.82) is 0 Å². The summed E-state index contributed by atoms with van der Waals surface area (Å²) in [5.41, 5.74) is 6.67. The average molecular weight is 282 g/mol. The second kappa shape index (κ2) is 6.53. The number of nitrogens with one attached hydrogen (secondary N) is 2. The van der Waals surface area contributed by atoms with E-state index in [1.807, 2.05) is 0 Å². The van der Waals surface area contributed by atoms with E-state index in [4.69, 9.17) is 5.73 Å². The molecule has 0 fully saturated rings. The van der Waals surface area contributed by atoms with Crippen molar-refractivity contribution in [2.45, 2.75) is 11.6 Å². The summed E-state index contributed by atoms with van der Waals surface area (Å²) in [7, 11) is 0. The lowest BCUT2D eigenvalue weighted by Crippen LogP contribution is -2.29. The molecular formula is C12H15FN4OS. The fraction of sp³-hybridized carbons (Fsp3) is 0.333. The molecular weight excluding hydrogens is 267 g/mol. The van der Waals surface area contributed by atoms with Crippen LogP contribution in [0.5, 0.6) is 0 Å². The maximum atomic E-state index is 13.0. The van der Waals surface area contributed by atoms with E-state index in [0.29, 0.717) is 35.9 Å². The molecule has 7 heteroatoms. The van der Waals surface area contributed by atoms with Crippen molar-refractivity contribution in [3.63, 3.8) is 0 Å². The molecule has 0 atom stereocenters. The zero-order chi connectivity index (χ0) is 13.7. The molecule has 4 N–H and O–H groups in total. The Bertz CT molecular complexity index is 572. The summed E-state index contributed by atoms with van der Waals surface area (Å²) in [4.78, 5) is 18.7. The lowest BCUT2D eigenvalue weighted by molar-refractivity contribution is -0.120. The number of aromatic nitrogens is 2. The number of hydrogen-bond donors (Lipinski definition) is 3. The van der Waals surface area contributed by atoms with Crippen LogP contribution >= 0.6 is 11.8 Å². The highest BCUT2D eigenvalue weighted by atomic mass is 32.2. The van der Waals surface area contributed by atoms with Crippen molar-refractivity contribution in [3.8, 4) is 0 Å². The van der Waals surface area contributed by atoms with Gasteiger partial charge in [0.25, 0.3) is 0 Å². The zero-order valence-corrected chi connectivity index (χ0v) is 11.1. The van der Waals surface area contributed by atoms with E-state index >= 15 is 0 Å². The minimum Gasteiger partial charge on any atom is -0.355 e. The average Bonchev–Trinajstić information content (AvgIpc) is 2.78. The first-order valence-electron chi connectivity index (χ1n) is 5.94. The van der Waals surface area contributed by atoms with Gasteiger partial charge in [-0.15, -0.1) is 0 Å². The number of aromatic amines is 1. The number of carbonyl (C=O) groups is 1. The van der Waals surface area contributed by atoms with Crippen LogP contribution in [0, 0.1) is 5.82 Å². The van der Waals surface area contributed by atoms with E-state index in [-0.39, 0.29) is 11.7 Å². The number of nitrogens with zero attached hydrogens (tertiary/aromatic N) is 1. The highest BCUT2D eigenvalue weighted by Crippen LogP contribution is 2.20. The van der Waals surface area contributed by atoms with Gasteiger partial charge in [0.2, 0.25) is 5.91 Å². The minimum atomic E-state index is -0.297. The van der Waals surface area contributed by atoms with Crippen molar-refractivity contribution in [3.05, 3.63) is 24.0 Å². The zero-order valence-electron chi connectivity index (χ0n) is 10.3. The van der Waals surface area contributed by atoms with Gasteiger partial charge >= 0.3 is 0 Å². The van der Waals surface area contributed by atoms with E-state index in [2.05, 4.69) is 15.3 Å². The van der Waals surface area contributed by atoms with E-state index < -0.39 is 0 Å². The number of fused-ring (bicyclic) bond motifs is 1. The topological polar surface area (TPSA) is 83.8 Å². The lowest BCUT2D eigenvalue weighted by Gasteiger charge is -2.01. The van der Waals surface area contributed by atoms with Gasteiger partial charge < -0.3 is 16.0 Å². The molecule has 0 bridgehead atoms. The number of imidazole rings is 1. The Morgan fingerprint density at radius 3 is 3.16 bits per heavy atom. The Labute approximate surface area is 114 Å². The SMILES string of the molecule is NCCNC(=O)CCSc1nc2ccc(F)cc2[nH]1. The number of carbonyl (C=O) groups excluding carboxylic acids is 1. The van der Waals surface area contributed by atoms with Gasteiger partial charge in [-0.25, -0.2) is 9.37 Å². The summed E-state index contributed by atoms with van der Waals surface area (Å²) in [6.07, 6.45) is 0.399. The van der Waals surface area contributed by atoms with Crippen molar-refractivity contribution in [2.75, 3.05) is 18.8 Å². The van der Waals surface area contributed by atoms with Crippen LogP contribution in [0.1, 0.15) is 6.42 Å². The molecule has 1 amide bonds. The summed E-state index contributed by atoms with van der Waals surface area (Å²) in [6.45, 7) is 0.932.